The van der Waals surface area contributed by atoms with Gasteiger partial charge in [0.1, 0.15) is 5.56 Å². The first-order valence-electron chi connectivity index (χ1n) is 6.64. The van der Waals surface area contributed by atoms with Crippen molar-refractivity contribution in [1.29, 1.82) is 0 Å². The van der Waals surface area contributed by atoms with Crippen molar-refractivity contribution >= 4 is 46.2 Å². The summed E-state index contributed by atoms with van der Waals surface area (Å²) in [5, 5.41) is 18.1. The zero-order valence-electron chi connectivity index (χ0n) is 11.6. The van der Waals surface area contributed by atoms with E-state index < -0.39 is 5.97 Å². The molecule has 1 saturated heterocycles. The maximum Gasteiger partial charge on any atom is 0.339 e. The van der Waals surface area contributed by atoms with Gasteiger partial charge < -0.3 is 10.4 Å². The van der Waals surface area contributed by atoms with Crippen molar-refractivity contribution in [3.05, 3.63) is 18.0 Å². The third kappa shape index (κ3) is 2.96. The number of carboxylic acid groups (broad SMARTS) is 1. The van der Waals surface area contributed by atoms with Gasteiger partial charge in [-0.1, -0.05) is 0 Å². The molecule has 8 heteroatoms. The van der Waals surface area contributed by atoms with Gasteiger partial charge in [-0.05, 0) is 0 Å². The number of aryl methyl sites for hydroxylation is 1. The Labute approximate surface area is 130 Å². The highest BCUT2D eigenvalue weighted by Crippen LogP contribution is 2.28. The smallest absolute Gasteiger partial charge is 0.339 e. The molecule has 0 spiro atoms. The minimum Gasteiger partial charge on any atom is -0.478 e. The SMILES string of the molecule is Cn1ncc2c(NCC3CSCCS3)c(C(=O)O)cnc21. The van der Waals surface area contributed by atoms with E-state index in [-0.39, 0.29) is 5.56 Å². The average molecular weight is 324 g/mol. The molecule has 2 aromatic rings. The van der Waals surface area contributed by atoms with Crippen LogP contribution in [0.25, 0.3) is 11.0 Å². The van der Waals surface area contributed by atoms with E-state index in [4.69, 9.17) is 0 Å². The van der Waals surface area contributed by atoms with Crippen molar-refractivity contribution in [3.8, 4) is 0 Å². The highest BCUT2D eigenvalue weighted by molar-refractivity contribution is 8.06. The molecule has 1 fully saturated rings. The molecule has 0 aromatic carbocycles. The fourth-order valence-corrected chi connectivity index (χ4v) is 4.93. The monoisotopic (exact) mass is 324 g/mol. The molecular weight excluding hydrogens is 308 g/mol. The Hall–Kier alpha value is -1.41. The lowest BCUT2D eigenvalue weighted by Crippen LogP contribution is -2.24. The Balaban J connectivity index is 1.90. The number of nitrogens with zero attached hydrogens (tertiary/aromatic N) is 3. The number of pyridine rings is 1. The molecule has 1 aliphatic rings. The second-order valence-electron chi connectivity index (χ2n) is 4.81. The zero-order chi connectivity index (χ0) is 14.8. The summed E-state index contributed by atoms with van der Waals surface area (Å²) in [6, 6.07) is 0. The second-order valence-corrected chi connectivity index (χ2v) is 7.36. The second kappa shape index (κ2) is 6.15. The number of hydrogen-bond acceptors (Lipinski definition) is 6. The molecule has 1 atom stereocenters. The molecule has 6 nitrogen and oxygen atoms in total. The number of anilines is 1. The molecule has 112 valence electrons. The van der Waals surface area contributed by atoms with Crippen LogP contribution in [0.4, 0.5) is 5.69 Å². The van der Waals surface area contributed by atoms with Gasteiger partial charge in [0.15, 0.2) is 5.65 Å². The fraction of sp³-hybridized carbons (Fsp3) is 0.462. The van der Waals surface area contributed by atoms with E-state index in [0.717, 1.165) is 23.4 Å². The van der Waals surface area contributed by atoms with Crippen molar-refractivity contribution < 1.29 is 9.90 Å². The molecule has 0 aliphatic carbocycles. The van der Waals surface area contributed by atoms with Gasteiger partial charge >= 0.3 is 5.97 Å². The van der Waals surface area contributed by atoms with Crippen molar-refractivity contribution in [2.45, 2.75) is 5.25 Å². The van der Waals surface area contributed by atoms with E-state index in [1.165, 1.54) is 11.9 Å². The Morgan fingerprint density at radius 2 is 2.38 bits per heavy atom. The highest BCUT2D eigenvalue weighted by atomic mass is 32.2. The van der Waals surface area contributed by atoms with Gasteiger partial charge in [0.25, 0.3) is 0 Å². The normalized spacial score (nSPS) is 18.8. The molecule has 1 aliphatic heterocycles. The third-order valence-electron chi connectivity index (χ3n) is 3.38. The van der Waals surface area contributed by atoms with Crippen LogP contribution in [0.1, 0.15) is 10.4 Å². The summed E-state index contributed by atoms with van der Waals surface area (Å²) in [5.41, 5.74) is 1.51. The lowest BCUT2D eigenvalue weighted by Gasteiger charge is -2.22. The Bertz CT molecular complexity index is 667. The van der Waals surface area contributed by atoms with E-state index in [1.54, 1.807) is 17.9 Å². The van der Waals surface area contributed by atoms with Crippen LogP contribution in [0.3, 0.4) is 0 Å². The van der Waals surface area contributed by atoms with E-state index in [1.807, 2.05) is 23.5 Å². The first-order valence-corrected chi connectivity index (χ1v) is 8.84. The van der Waals surface area contributed by atoms with Crippen LogP contribution < -0.4 is 5.32 Å². The number of fused-ring (bicyclic) bond motifs is 1. The van der Waals surface area contributed by atoms with Crippen LogP contribution in [0.15, 0.2) is 12.4 Å². The predicted molar refractivity (Wildman–Crippen MR) is 87.5 cm³/mol. The molecule has 0 saturated carbocycles. The third-order valence-corrected chi connectivity index (χ3v) is 6.23. The Morgan fingerprint density at radius 3 is 3.10 bits per heavy atom. The van der Waals surface area contributed by atoms with E-state index in [2.05, 4.69) is 15.4 Å². The van der Waals surface area contributed by atoms with Crippen molar-refractivity contribution in [2.24, 2.45) is 7.05 Å². The summed E-state index contributed by atoms with van der Waals surface area (Å²) < 4.78 is 1.65. The quantitative estimate of drug-likeness (QED) is 0.889. The van der Waals surface area contributed by atoms with Crippen LogP contribution in [-0.2, 0) is 7.05 Å². The van der Waals surface area contributed by atoms with Gasteiger partial charge in [-0.15, -0.1) is 0 Å². The number of rotatable bonds is 4. The number of aromatic nitrogens is 3. The number of aromatic carboxylic acids is 1. The van der Waals surface area contributed by atoms with Crippen LogP contribution >= 0.6 is 23.5 Å². The lowest BCUT2D eigenvalue weighted by atomic mass is 10.2. The topological polar surface area (TPSA) is 80.0 Å². The Kier molecular flexibility index (Phi) is 4.25. The Morgan fingerprint density at radius 1 is 1.52 bits per heavy atom. The molecule has 3 rings (SSSR count). The molecule has 0 amide bonds. The summed E-state index contributed by atoms with van der Waals surface area (Å²) in [6.07, 6.45) is 3.07. The maximum absolute atomic E-state index is 11.4. The van der Waals surface area contributed by atoms with E-state index >= 15 is 0 Å². The van der Waals surface area contributed by atoms with Crippen LogP contribution in [-0.4, -0.2) is 54.9 Å². The van der Waals surface area contributed by atoms with Crippen molar-refractivity contribution in [3.63, 3.8) is 0 Å². The molecule has 2 aromatic heterocycles. The van der Waals surface area contributed by atoms with E-state index in [9.17, 15) is 9.90 Å². The summed E-state index contributed by atoms with van der Waals surface area (Å²) in [6.45, 7) is 0.756. The number of nitrogens with one attached hydrogen (secondary N) is 1. The summed E-state index contributed by atoms with van der Waals surface area (Å²) >= 11 is 3.89. The molecule has 0 radical (unpaired) electrons. The van der Waals surface area contributed by atoms with Crippen LogP contribution in [0.5, 0.6) is 0 Å². The van der Waals surface area contributed by atoms with Gasteiger partial charge in [0, 0.05) is 42.3 Å². The van der Waals surface area contributed by atoms with Crippen LogP contribution in [0.2, 0.25) is 0 Å². The fourth-order valence-electron chi connectivity index (χ4n) is 2.32. The van der Waals surface area contributed by atoms with E-state index in [0.29, 0.717) is 16.6 Å². The summed E-state index contributed by atoms with van der Waals surface area (Å²) in [4.78, 5) is 15.6. The largest absolute Gasteiger partial charge is 0.478 e. The number of carbonyl (C=O) groups is 1. The standard InChI is InChI=1S/C13H16N4O2S2/c1-17-12-9(6-16-17)11(10(5-15-12)13(18)19)14-4-8-7-20-2-3-21-8/h5-6,8H,2-4,7H2,1H3,(H,14,15)(H,18,19). The molecule has 2 N–H and O–H groups in total. The minimum atomic E-state index is -0.971. The molecule has 1 unspecified atom stereocenters. The minimum absolute atomic E-state index is 0.198. The lowest BCUT2D eigenvalue weighted by molar-refractivity contribution is 0.0697. The van der Waals surface area contributed by atoms with Gasteiger partial charge in [-0.25, -0.2) is 9.78 Å². The van der Waals surface area contributed by atoms with Gasteiger partial charge in [0.05, 0.1) is 17.3 Å². The van der Waals surface area contributed by atoms with Gasteiger partial charge in [0.2, 0.25) is 0 Å². The maximum atomic E-state index is 11.4. The molecular formula is C13H16N4O2S2. The molecule has 0 bridgehead atoms. The van der Waals surface area contributed by atoms with Crippen LogP contribution in [0, 0.1) is 0 Å². The summed E-state index contributed by atoms with van der Waals surface area (Å²) in [7, 11) is 1.80. The van der Waals surface area contributed by atoms with Crippen molar-refractivity contribution in [1.82, 2.24) is 14.8 Å². The van der Waals surface area contributed by atoms with Gasteiger partial charge in [-0.3, -0.25) is 4.68 Å². The average Bonchev–Trinajstić information content (AvgIpc) is 2.87. The number of carboxylic acids is 1. The molecule has 21 heavy (non-hydrogen) atoms. The number of thioether (sulfide) groups is 2. The first-order chi connectivity index (χ1) is 10.2. The molecule has 3 heterocycles. The van der Waals surface area contributed by atoms with Gasteiger partial charge in [-0.2, -0.15) is 28.6 Å². The predicted octanol–water partition coefficient (Wildman–Crippen LogP) is 1.93. The highest BCUT2D eigenvalue weighted by Gasteiger charge is 2.19. The summed E-state index contributed by atoms with van der Waals surface area (Å²) in [5.74, 6) is 2.48. The number of hydrogen-bond donors (Lipinski definition) is 2. The van der Waals surface area contributed by atoms with Crippen molar-refractivity contribution in [2.75, 3.05) is 29.1 Å². The zero-order valence-corrected chi connectivity index (χ0v) is 13.2. The first kappa shape index (κ1) is 14.5.